The van der Waals surface area contributed by atoms with Crippen LogP contribution >= 0.6 is 0 Å². The van der Waals surface area contributed by atoms with Crippen LogP contribution in [0.5, 0.6) is 0 Å². The molecule has 0 aliphatic carbocycles. The summed E-state index contributed by atoms with van der Waals surface area (Å²) in [7, 11) is 0. The number of nitriles is 1. The number of non-ortho nitro benzene ring substituents is 1. The normalized spacial score (nSPS) is 14.4. The Morgan fingerprint density at radius 2 is 2.00 bits per heavy atom. The van der Waals surface area contributed by atoms with Gasteiger partial charge in [-0.2, -0.15) is 5.26 Å². The van der Waals surface area contributed by atoms with Crippen LogP contribution in [0.4, 0.5) is 5.69 Å². The fraction of sp³-hybridized carbons (Fsp3) is 0.222. The van der Waals surface area contributed by atoms with Crippen molar-refractivity contribution in [2.45, 2.75) is 12.8 Å². The van der Waals surface area contributed by atoms with E-state index in [4.69, 9.17) is 0 Å². The van der Waals surface area contributed by atoms with Crippen LogP contribution in [-0.4, -0.2) is 33.4 Å². The van der Waals surface area contributed by atoms with Crippen molar-refractivity contribution in [2.75, 3.05) is 13.1 Å². The molecular weight excluding hydrogens is 320 g/mol. The van der Waals surface area contributed by atoms with E-state index in [1.54, 1.807) is 39.9 Å². The molecular formula is C18H16N4O3. The van der Waals surface area contributed by atoms with Gasteiger partial charge in [-0.05, 0) is 37.1 Å². The van der Waals surface area contributed by atoms with E-state index in [2.05, 4.69) is 0 Å². The number of nitrogens with zero attached hydrogens (tertiary/aromatic N) is 4. The molecule has 25 heavy (non-hydrogen) atoms. The summed E-state index contributed by atoms with van der Waals surface area (Å²) in [6, 6.07) is 11.7. The lowest BCUT2D eigenvalue weighted by Gasteiger charge is -2.14. The Bertz CT molecular complexity index is 886. The molecule has 7 heteroatoms. The van der Waals surface area contributed by atoms with Crippen LogP contribution in [0.2, 0.25) is 0 Å². The van der Waals surface area contributed by atoms with Crippen LogP contribution in [0, 0.1) is 21.4 Å². The van der Waals surface area contributed by atoms with Gasteiger partial charge >= 0.3 is 0 Å². The molecule has 0 saturated carbocycles. The average molecular weight is 336 g/mol. The number of rotatable bonds is 4. The molecule has 2 aromatic rings. The van der Waals surface area contributed by atoms with Crippen molar-refractivity contribution in [3.8, 4) is 11.8 Å². The summed E-state index contributed by atoms with van der Waals surface area (Å²) in [6.07, 6.45) is 5.17. The minimum Gasteiger partial charge on any atom is -0.338 e. The third kappa shape index (κ3) is 3.43. The Morgan fingerprint density at radius 1 is 1.24 bits per heavy atom. The molecule has 1 fully saturated rings. The third-order valence-corrected chi connectivity index (χ3v) is 4.14. The second-order valence-corrected chi connectivity index (χ2v) is 5.75. The number of benzene rings is 1. The molecule has 0 atom stereocenters. The highest BCUT2D eigenvalue weighted by molar-refractivity contribution is 6.01. The standard InChI is InChI=1S/C18H16N4O3/c19-13-14(18(23)20-8-1-2-9-20)11-15-7-4-10-21(15)16-5-3-6-17(12-16)22(24)25/h3-7,10-12H,1-2,8-9H2/b14-11+. The Hall–Kier alpha value is -3.40. The van der Waals surface area contributed by atoms with Crippen LogP contribution in [-0.2, 0) is 4.79 Å². The van der Waals surface area contributed by atoms with Crippen molar-refractivity contribution < 1.29 is 9.72 Å². The molecule has 1 saturated heterocycles. The summed E-state index contributed by atoms with van der Waals surface area (Å²) in [5.74, 6) is -0.271. The molecule has 0 unspecified atom stereocenters. The number of nitro groups is 1. The predicted molar refractivity (Wildman–Crippen MR) is 91.8 cm³/mol. The van der Waals surface area contributed by atoms with Gasteiger partial charge in [0.1, 0.15) is 11.6 Å². The van der Waals surface area contributed by atoms with Crippen molar-refractivity contribution in [3.05, 3.63) is 64.0 Å². The van der Waals surface area contributed by atoms with E-state index < -0.39 is 4.92 Å². The highest BCUT2D eigenvalue weighted by atomic mass is 16.6. The first-order valence-electron chi connectivity index (χ1n) is 7.93. The first kappa shape index (κ1) is 16.5. The number of hydrogen-bond acceptors (Lipinski definition) is 4. The lowest BCUT2D eigenvalue weighted by molar-refractivity contribution is -0.384. The summed E-state index contributed by atoms with van der Waals surface area (Å²) in [4.78, 5) is 24.6. The summed E-state index contributed by atoms with van der Waals surface area (Å²) in [5, 5.41) is 20.3. The van der Waals surface area contributed by atoms with Gasteiger partial charge in [0.05, 0.1) is 10.6 Å². The summed E-state index contributed by atoms with van der Waals surface area (Å²) in [6.45, 7) is 1.34. The zero-order chi connectivity index (χ0) is 17.8. The van der Waals surface area contributed by atoms with E-state index in [0.29, 0.717) is 24.5 Å². The topological polar surface area (TPSA) is 92.2 Å². The first-order chi connectivity index (χ1) is 12.1. The molecule has 2 heterocycles. The minimum atomic E-state index is -0.458. The fourth-order valence-electron chi connectivity index (χ4n) is 2.88. The maximum atomic E-state index is 12.4. The fourth-order valence-corrected chi connectivity index (χ4v) is 2.88. The molecule has 0 N–H and O–H groups in total. The van der Waals surface area contributed by atoms with Crippen LogP contribution in [0.3, 0.4) is 0 Å². The number of likely N-dealkylation sites (tertiary alicyclic amines) is 1. The van der Waals surface area contributed by atoms with E-state index in [0.717, 1.165) is 12.8 Å². The van der Waals surface area contributed by atoms with Crippen LogP contribution in [0.25, 0.3) is 11.8 Å². The largest absolute Gasteiger partial charge is 0.338 e. The molecule has 1 aliphatic rings. The Balaban J connectivity index is 1.95. The lowest BCUT2D eigenvalue weighted by Crippen LogP contribution is -2.28. The van der Waals surface area contributed by atoms with Gasteiger partial charge in [0.25, 0.3) is 11.6 Å². The van der Waals surface area contributed by atoms with Crippen LogP contribution in [0.15, 0.2) is 48.2 Å². The maximum Gasteiger partial charge on any atom is 0.271 e. The van der Waals surface area contributed by atoms with Crippen molar-refractivity contribution in [2.24, 2.45) is 0 Å². The van der Waals surface area contributed by atoms with Gasteiger partial charge in [-0.25, -0.2) is 0 Å². The summed E-state index contributed by atoms with van der Waals surface area (Å²) >= 11 is 0. The molecule has 0 bridgehead atoms. The van der Waals surface area contributed by atoms with Crippen LogP contribution in [0.1, 0.15) is 18.5 Å². The number of aromatic nitrogens is 1. The molecule has 1 amide bonds. The number of hydrogen-bond donors (Lipinski definition) is 0. The lowest BCUT2D eigenvalue weighted by atomic mass is 10.2. The first-order valence-corrected chi connectivity index (χ1v) is 7.93. The Kier molecular flexibility index (Phi) is 4.61. The summed E-state index contributed by atoms with van der Waals surface area (Å²) in [5.41, 5.74) is 1.25. The number of carbonyl (C=O) groups is 1. The molecule has 126 valence electrons. The van der Waals surface area contributed by atoms with Gasteiger partial charge in [-0.15, -0.1) is 0 Å². The predicted octanol–water partition coefficient (Wildman–Crippen LogP) is 2.91. The average Bonchev–Trinajstić information content (AvgIpc) is 3.31. The summed E-state index contributed by atoms with van der Waals surface area (Å²) < 4.78 is 1.71. The molecule has 0 spiro atoms. The van der Waals surface area contributed by atoms with Crippen molar-refractivity contribution in [3.63, 3.8) is 0 Å². The number of nitro benzene ring substituents is 1. The molecule has 7 nitrogen and oxygen atoms in total. The smallest absolute Gasteiger partial charge is 0.271 e. The molecule has 1 aromatic heterocycles. The molecule has 0 radical (unpaired) electrons. The Morgan fingerprint density at radius 3 is 2.68 bits per heavy atom. The minimum absolute atomic E-state index is 0.0187. The zero-order valence-corrected chi connectivity index (χ0v) is 13.5. The number of carbonyl (C=O) groups excluding carboxylic acids is 1. The highest BCUT2D eigenvalue weighted by Gasteiger charge is 2.21. The van der Waals surface area contributed by atoms with E-state index in [-0.39, 0.29) is 17.2 Å². The zero-order valence-electron chi connectivity index (χ0n) is 13.5. The third-order valence-electron chi connectivity index (χ3n) is 4.14. The monoisotopic (exact) mass is 336 g/mol. The van der Waals surface area contributed by atoms with E-state index >= 15 is 0 Å². The van der Waals surface area contributed by atoms with Gasteiger partial charge in [0, 0.05) is 37.1 Å². The van der Waals surface area contributed by atoms with Gasteiger partial charge < -0.3 is 9.47 Å². The van der Waals surface area contributed by atoms with E-state index in [9.17, 15) is 20.2 Å². The van der Waals surface area contributed by atoms with Crippen molar-refractivity contribution in [1.82, 2.24) is 9.47 Å². The second-order valence-electron chi connectivity index (χ2n) is 5.75. The van der Waals surface area contributed by atoms with E-state index in [1.165, 1.54) is 18.2 Å². The van der Waals surface area contributed by atoms with Crippen molar-refractivity contribution in [1.29, 1.82) is 5.26 Å². The van der Waals surface area contributed by atoms with Gasteiger partial charge in [-0.1, -0.05) is 6.07 Å². The SMILES string of the molecule is N#C/C(=C\c1cccn1-c1cccc([N+](=O)[O-])c1)C(=O)N1CCCC1. The molecule has 1 aromatic carbocycles. The molecule has 3 rings (SSSR count). The molecule has 1 aliphatic heterocycles. The quantitative estimate of drug-likeness (QED) is 0.371. The van der Waals surface area contributed by atoms with Crippen molar-refractivity contribution >= 4 is 17.7 Å². The second kappa shape index (κ2) is 7.01. The Labute approximate surface area is 144 Å². The maximum absolute atomic E-state index is 12.4. The number of amides is 1. The van der Waals surface area contributed by atoms with E-state index in [1.807, 2.05) is 6.07 Å². The van der Waals surface area contributed by atoms with Crippen LogP contribution < -0.4 is 0 Å². The highest BCUT2D eigenvalue weighted by Crippen LogP contribution is 2.21. The van der Waals surface area contributed by atoms with Gasteiger partial charge in [-0.3, -0.25) is 14.9 Å². The van der Waals surface area contributed by atoms with Gasteiger partial charge in [0.2, 0.25) is 0 Å². The van der Waals surface area contributed by atoms with Gasteiger partial charge in [0.15, 0.2) is 0 Å².